The summed E-state index contributed by atoms with van der Waals surface area (Å²) in [6.07, 6.45) is 2.43. The van der Waals surface area contributed by atoms with Crippen molar-refractivity contribution in [3.63, 3.8) is 0 Å². The largest absolute Gasteiger partial charge is 0.480 e. The Labute approximate surface area is 142 Å². The van der Waals surface area contributed by atoms with Crippen molar-refractivity contribution >= 4 is 5.91 Å². The maximum atomic E-state index is 12.7. The molecule has 0 unspecified atom stereocenters. The van der Waals surface area contributed by atoms with Crippen molar-refractivity contribution < 1.29 is 19.4 Å². The van der Waals surface area contributed by atoms with E-state index in [1.807, 2.05) is 25.8 Å². The summed E-state index contributed by atoms with van der Waals surface area (Å²) in [5, 5.41) is 14.5. The molecule has 0 spiro atoms. The summed E-state index contributed by atoms with van der Waals surface area (Å²) in [4.78, 5) is 14.5. The summed E-state index contributed by atoms with van der Waals surface area (Å²) in [5.41, 5.74) is 1.69. The maximum Gasteiger partial charge on any atom is 0.260 e. The third-order valence-corrected chi connectivity index (χ3v) is 5.29. The lowest BCUT2D eigenvalue weighted by atomic mass is 9.94. The van der Waals surface area contributed by atoms with Gasteiger partial charge in [-0.1, -0.05) is 6.42 Å². The molecule has 1 amide bonds. The summed E-state index contributed by atoms with van der Waals surface area (Å²) in [6.45, 7) is 5.38. The third-order valence-electron chi connectivity index (χ3n) is 5.29. The van der Waals surface area contributed by atoms with Crippen LogP contribution in [-0.4, -0.2) is 64.2 Å². The molecular formula is C17H27N3O4. The fourth-order valence-corrected chi connectivity index (χ4v) is 3.89. The molecule has 1 aliphatic heterocycles. The Balaban J connectivity index is 1.66. The van der Waals surface area contributed by atoms with Crippen molar-refractivity contribution in [2.24, 2.45) is 13.0 Å². The Morgan fingerprint density at radius 2 is 2.21 bits per heavy atom. The van der Waals surface area contributed by atoms with Crippen molar-refractivity contribution in [1.29, 1.82) is 0 Å². The Morgan fingerprint density at radius 3 is 2.83 bits per heavy atom. The quantitative estimate of drug-likeness (QED) is 0.880. The molecule has 1 saturated heterocycles. The molecule has 0 bridgehead atoms. The second kappa shape index (κ2) is 7.11. The molecule has 7 heteroatoms. The fraction of sp³-hybridized carbons (Fsp3) is 0.765. The topological polar surface area (TPSA) is 76.8 Å². The molecule has 2 fully saturated rings. The highest BCUT2D eigenvalue weighted by Gasteiger charge is 2.39. The molecule has 1 N–H and O–H groups in total. The predicted molar refractivity (Wildman–Crippen MR) is 87.8 cm³/mol. The molecule has 3 atom stereocenters. The molecule has 1 aromatic rings. The Kier molecular flexibility index (Phi) is 5.10. The van der Waals surface area contributed by atoms with Gasteiger partial charge < -0.3 is 19.5 Å². The number of aromatic nitrogens is 2. The number of nitrogens with zero attached hydrogens (tertiary/aromatic N) is 3. The van der Waals surface area contributed by atoms with E-state index in [0.717, 1.165) is 30.7 Å². The lowest BCUT2D eigenvalue weighted by Crippen LogP contribution is -2.54. The number of rotatable bonds is 4. The first kappa shape index (κ1) is 17.2. The molecule has 7 nitrogen and oxygen atoms in total. The smallest absolute Gasteiger partial charge is 0.260 e. The summed E-state index contributed by atoms with van der Waals surface area (Å²) in [7, 11) is 1.86. The normalized spacial score (nSPS) is 27.5. The minimum Gasteiger partial charge on any atom is -0.480 e. The highest BCUT2D eigenvalue weighted by molar-refractivity contribution is 5.78. The zero-order valence-electron chi connectivity index (χ0n) is 14.7. The average molecular weight is 337 g/mol. The third kappa shape index (κ3) is 3.28. The number of aryl methyl sites for hydroxylation is 2. The molecule has 2 heterocycles. The highest BCUT2D eigenvalue weighted by Crippen LogP contribution is 2.32. The number of carbonyl (C=O) groups is 1. The van der Waals surface area contributed by atoms with E-state index < -0.39 is 0 Å². The van der Waals surface area contributed by atoms with Gasteiger partial charge in [0.15, 0.2) is 12.4 Å². The number of hydrogen-bond acceptors (Lipinski definition) is 5. The van der Waals surface area contributed by atoms with E-state index in [0.29, 0.717) is 25.5 Å². The number of amides is 1. The molecule has 0 aromatic carbocycles. The van der Waals surface area contributed by atoms with Crippen LogP contribution in [0.25, 0.3) is 0 Å². The van der Waals surface area contributed by atoms with Crippen LogP contribution in [0.4, 0.5) is 0 Å². The summed E-state index contributed by atoms with van der Waals surface area (Å²) in [5.74, 6) is 0.734. The van der Waals surface area contributed by atoms with E-state index in [9.17, 15) is 9.90 Å². The Morgan fingerprint density at radius 1 is 1.42 bits per heavy atom. The second-order valence-electron chi connectivity index (χ2n) is 6.80. The lowest BCUT2D eigenvalue weighted by Gasteiger charge is -2.40. The number of aliphatic hydroxyl groups excluding tert-OH is 1. The van der Waals surface area contributed by atoms with E-state index in [1.165, 1.54) is 0 Å². The van der Waals surface area contributed by atoms with Crippen molar-refractivity contribution in [3.05, 3.63) is 11.4 Å². The zero-order chi connectivity index (χ0) is 17.3. The van der Waals surface area contributed by atoms with Crippen LogP contribution in [0.5, 0.6) is 5.75 Å². The van der Waals surface area contributed by atoms with E-state index in [4.69, 9.17) is 9.47 Å². The van der Waals surface area contributed by atoms with Gasteiger partial charge >= 0.3 is 0 Å². The van der Waals surface area contributed by atoms with Crippen molar-refractivity contribution in [1.82, 2.24) is 14.7 Å². The van der Waals surface area contributed by atoms with E-state index in [2.05, 4.69) is 5.10 Å². The monoisotopic (exact) mass is 337 g/mol. The number of ether oxygens (including phenoxy) is 2. The Bertz CT molecular complexity index is 601. The first-order valence-corrected chi connectivity index (χ1v) is 8.67. The predicted octanol–water partition coefficient (Wildman–Crippen LogP) is 0.804. The van der Waals surface area contributed by atoms with Gasteiger partial charge in [-0.05, 0) is 26.7 Å². The highest BCUT2D eigenvalue weighted by atomic mass is 16.5. The van der Waals surface area contributed by atoms with Gasteiger partial charge in [0.25, 0.3) is 5.91 Å². The fourth-order valence-electron chi connectivity index (χ4n) is 3.89. The number of morpholine rings is 1. The van der Waals surface area contributed by atoms with Crippen LogP contribution in [0.2, 0.25) is 0 Å². The molecule has 1 aliphatic carbocycles. The molecule has 3 rings (SSSR count). The molecule has 1 saturated carbocycles. The van der Waals surface area contributed by atoms with Crippen LogP contribution >= 0.6 is 0 Å². The number of carbonyl (C=O) groups excluding carboxylic acids is 1. The molecule has 0 radical (unpaired) electrons. The van der Waals surface area contributed by atoms with Gasteiger partial charge in [0.05, 0.1) is 31.1 Å². The first-order chi connectivity index (χ1) is 11.5. The molecule has 2 aliphatic rings. The van der Waals surface area contributed by atoms with E-state index in [1.54, 1.807) is 4.68 Å². The van der Waals surface area contributed by atoms with Gasteiger partial charge in [-0.15, -0.1) is 0 Å². The Hall–Kier alpha value is -1.60. The van der Waals surface area contributed by atoms with Crippen molar-refractivity contribution in [2.45, 2.75) is 45.3 Å². The van der Waals surface area contributed by atoms with Gasteiger partial charge in [0, 0.05) is 19.5 Å². The summed E-state index contributed by atoms with van der Waals surface area (Å²) in [6, 6.07) is -0.0524. The van der Waals surface area contributed by atoms with Crippen molar-refractivity contribution in [2.75, 3.05) is 26.4 Å². The van der Waals surface area contributed by atoms with Crippen molar-refractivity contribution in [3.8, 4) is 5.75 Å². The van der Waals surface area contributed by atoms with Gasteiger partial charge in [0.2, 0.25) is 0 Å². The standard InChI is InChI=1S/C17H27N3O4/c1-11-17(12(2)19(3)18-11)24-10-16(22)20-7-8-23-9-14(20)13-5-4-6-15(13)21/h13-15,21H,4-10H2,1-3H3/t13-,14+,15-/m0/s1. The number of aliphatic hydroxyl groups is 1. The minimum absolute atomic E-state index is 0.00725. The van der Waals surface area contributed by atoms with Crippen LogP contribution in [0.1, 0.15) is 30.7 Å². The van der Waals surface area contributed by atoms with Gasteiger partial charge in [-0.25, -0.2) is 0 Å². The average Bonchev–Trinajstić information content (AvgIpc) is 3.09. The van der Waals surface area contributed by atoms with Crippen LogP contribution in [0.15, 0.2) is 0 Å². The van der Waals surface area contributed by atoms with E-state index >= 15 is 0 Å². The summed E-state index contributed by atoms with van der Waals surface area (Å²) < 4.78 is 13.1. The maximum absolute atomic E-state index is 12.7. The molecular weight excluding hydrogens is 310 g/mol. The molecule has 1 aromatic heterocycles. The van der Waals surface area contributed by atoms with Gasteiger partial charge in [-0.2, -0.15) is 5.10 Å². The zero-order valence-corrected chi connectivity index (χ0v) is 14.7. The van der Waals surface area contributed by atoms with Crippen LogP contribution < -0.4 is 4.74 Å². The van der Waals surface area contributed by atoms with Crippen LogP contribution in [-0.2, 0) is 16.6 Å². The molecule has 134 valence electrons. The summed E-state index contributed by atoms with van der Waals surface area (Å²) >= 11 is 0. The lowest BCUT2D eigenvalue weighted by molar-refractivity contribution is -0.146. The minimum atomic E-state index is -0.337. The van der Waals surface area contributed by atoms with Gasteiger partial charge in [-0.3, -0.25) is 9.48 Å². The van der Waals surface area contributed by atoms with E-state index in [-0.39, 0.29) is 30.6 Å². The van der Waals surface area contributed by atoms with Crippen LogP contribution in [0.3, 0.4) is 0 Å². The molecule has 24 heavy (non-hydrogen) atoms. The van der Waals surface area contributed by atoms with Crippen LogP contribution in [0, 0.1) is 19.8 Å². The number of hydrogen-bond donors (Lipinski definition) is 1. The SMILES string of the molecule is Cc1nn(C)c(C)c1OCC(=O)N1CCOC[C@@H]1[C@@H]1CCC[C@@H]1O. The van der Waals surface area contributed by atoms with Gasteiger partial charge in [0.1, 0.15) is 5.69 Å². The second-order valence-corrected chi connectivity index (χ2v) is 6.80. The first-order valence-electron chi connectivity index (χ1n) is 8.67.